The number of urea groups is 2. The lowest BCUT2D eigenvalue weighted by molar-refractivity contribution is -0.139. The highest BCUT2D eigenvalue weighted by atomic mass is 19.4. The zero-order chi connectivity index (χ0) is 28.7. The maximum absolute atomic E-state index is 13.3. The minimum Gasteiger partial charge on any atom is -0.463 e. The van der Waals surface area contributed by atoms with Gasteiger partial charge >= 0.3 is 24.2 Å². The fraction of sp³-hybridized carbons (Fsp3) is 0.519. The zero-order valence-corrected chi connectivity index (χ0v) is 22.5. The fourth-order valence-corrected chi connectivity index (χ4v) is 4.78. The Kier molecular flexibility index (Phi) is 10.0. The molecule has 3 rings (SSSR count). The molecule has 39 heavy (non-hydrogen) atoms. The Balaban J connectivity index is 1.98. The number of carbonyl (C=O) groups is 3. The summed E-state index contributed by atoms with van der Waals surface area (Å²) in [7, 11) is 0. The minimum absolute atomic E-state index is 0.0767. The molecule has 0 aromatic heterocycles. The lowest BCUT2D eigenvalue weighted by atomic mass is 9.93. The Hall–Kier alpha value is -3.54. The highest BCUT2D eigenvalue weighted by molar-refractivity contribution is 5.95. The third kappa shape index (κ3) is 7.11. The number of ether oxygens (including phenoxy) is 1. The van der Waals surface area contributed by atoms with Gasteiger partial charge in [-0.1, -0.05) is 25.1 Å². The Morgan fingerprint density at radius 2 is 1.90 bits per heavy atom. The van der Waals surface area contributed by atoms with Crippen LogP contribution in [0, 0.1) is 0 Å². The summed E-state index contributed by atoms with van der Waals surface area (Å²) in [6, 6.07) is 2.57. The van der Waals surface area contributed by atoms with Gasteiger partial charge in [0.25, 0.3) is 0 Å². The van der Waals surface area contributed by atoms with Gasteiger partial charge in [-0.15, -0.1) is 6.58 Å². The third-order valence-electron chi connectivity index (χ3n) is 6.69. The smallest absolute Gasteiger partial charge is 0.416 e. The van der Waals surface area contributed by atoms with Crippen LogP contribution in [0.4, 0.5) is 22.8 Å². The van der Waals surface area contributed by atoms with Crippen molar-refractivity contribution in [3.8, 4) is 0 Å². The monoisotopic (exact) mass is 551 g/mol. The Morgan fingerprint density at radius 1 is 1.21 bits per heavy atom. The number of amides is 4. The summed E-state index contributed by atoms with van der Waals surface area (Å²) in [4.78, 5) is 44.2. The van der Waals surface area contributed by atoms with Crippen LogP contribution in [-0.4, -0.2) is 84.6 Å². The van der Waals surface area contributed by atoms with Gasteiger partial charge < -0.3 is 20.3 Å². The van der Waals surface area contributed by atoms with Gasteiger partial charge in [0.2, 0.25) is 0 Å². The van der Waals surface area contributed by atoms with Crippen LogP contribution >= 0.6 is 0 Å². The van der Waals surface area contributed by atoms with Crippen molar-refractivity contribution in [2.45, 2.75) is 45.5 Å². The zero-order valence-electron chi connectivity index (χ0n) is 22.5. The molecule has 1 fully saturated rings. The summed E-state index contributed by atoms with van der Waals surface area (Å²) in [5, 5.41) is 5.64. The molecular formula is C27H36F3N5O4. The molecule has 0 saturated carbocycles. The number of halogens is 3. The van der Waals surface area contributed by atoms with Crippen LogP contribution in [0.2, 0.25) is 0 Å². The Labute approximate surface area is 226 Å². The molecule has 0 bridgehead atoms. The lowest BCUT2D eigenvalue weighted by Crippen LogP contribution is -2.58. The number of rotatable bonds is 9. The van der Waals surface area contributed by atoms with E-state index in [2.05, 4.69) is 17.2 Å². The molecule has 2 N–H and O–H groups in total. The van der Waals surface area contributed by atoms with Gasteiger partial charge in [0.15, 0.2) is 0 Å². The average molecular weight is 552 g/mol. The molecule has 0 spiro atoms. The predicted octanol–water partition coefficient (Wildman–Crippen LogP) is 3.90. The van der Waals surface area contributed by atoms with E-state index in [9.17, 15) is 27.6 Å². The lowest BCUT2D eigenvalue weighted by Gasteiger charge is -2.42. The van der Waals surface area contributed by atoms with Crippen LogP contribution in [-0.2, 0) is 15.7 Å². The molecule has 1 aromatic rings. The summed E-state index contributed by atoms with van der Waals surface area (Å²) in [5.74, 6) is -0.669. The van der Waals surface area contributed by atoms with Crippen LogP contribution in [0.25, 0.3) is 0 Å². The van der Waals surface area contributed by atoms with Crippen LogP contribution < -0.4 is 10.6 Å². The number of alkyl halides is 3. The quantitative estimate of drug-likeness (QED) is 0.359. The number of benzene rings is 1. The van der Waals surface area contributed by atoms with E-state index in [0.29, 0.717) is 37.4 Å². The fourth-order valence-electron chi connectivity index (χ4n) is 4.78. The van der Waals surface area contributed by atoms with Crippen molar-refractivity contribution in [3.05, 3.63) is 59.3 Å². The topological polar surface area (TPSA) is 94.2 Å². The third-order valence-corrected chi connectivity index (χ3v) is 6.69. The molecule has 2 heterocycles. The molecule has 2 unspecified atom stereocenters. The van der Waals surface area contributed by atoms with Crippen molar-refractivity contribution in [2.75, 3.05) is 45.9 Å². The maximum Gasteiger partial charge on any atom is 0.416 e. The number of hydrogen-bond donors (Lipinski definition) is 2. The van der Waals surface area contributed by atoms with Crippen molar-refractivity contribution < 1.29 is 32.3 Å². The van der Waals surface area contributed by atoms with Gasteiger partial charge in [-0.05, 0) is 38.0 Å². The van der Waals surface area contributed by atoms with Gasteiger partial charge in [-0.25, -0.2) is 14.4 Å². The summed E-state index contributed by atoms with van der Waals surface area (Å²) in [6.45, 7) is 11.7. The highest BCUT2D eigenvalue weighted by Gasteiger charge is 2.40. The molecule has 2 atom stereocenters. The Morgan fingerprint density at radius 3 is 2.46 bits per heavy atom. The van der Waals surface area contributed by atoms with Gasteiger partial charge in [0.05, 0.1) is 23.8 Å². The molecule has 1 saturated heterocycles. The van der Waals surface area contributed by atoms with E-state index in [-0.39, 0.29) is 37.3 Å². The number of piperazine rings is 1. The van der Waals surface area contributed by atoms with Crippen molar-refractivity contribution in [1.82, 2.24) is 25.3 Å². The molecule has 2 aliphatic rings. The number of esters is 1. The van der Waals surface area contributed by atoms with Crippen LogP contribution in [0.3, 0.4) is 0 Å². The summed E-state index contributed by atoms with van der Waals surface area (Å²) < 4.78 is 44.8. The molecule has 214 valence electrons. The van der Waals surface area contributed by atoms with E-state index < -0.39 is 29.8 Å². The van der Waals surface area contributed by atoms with Gasteiger partial charge in [0.1, 0.15) is 0 Å². The van der Waals surface area contributed by atoms with Crippen LogP contribution in [0.1, 0.15) is 44.4 Å². The predicted molar refractivity (Wildman–Crippen MR) is 140 cm³/mol. The SMILES string of the molecule is C=CCN1C(=O)NC(c2ccc(C(F)(F)F)cc2)C(C(=O)OCC)=C1CN1CCN(C(=O)NCCC)C(C)C1. The second-order valence-electron chi connectivity index (χ2n) is 9.49. The molecule has 4 amide bonds. The van der Waals surface area contributed by atoms with E-state index in [1.807, 2.05) is 18.7 Å². The number of nitrogens with one attached hydrogen (secondary N) is 2. The van der Waals surface area contributed by atoms with Crippen molar-refractivity contribution in [3.63, 3.8) is 0 Å². The molecule has 9 nitrogen and oxygen atoms in total. The first-order chi connectivity index (χ1) is 18.5. The standard InChI is InChI=1S/C27H36F3N5O4/c1-5-12-31-25(37)34-15-14-33(16-18(34)4)17-21-22(24(36)39-7-3)23(32-26(38)35(21)13-6-2)19-8-10-20(11-9-19)27(28,29)30/h6,8-11,18,23H,2,5,7,12-17H2,1,3-4H3,(H,31,37)(H,32,38). The van der Waals surface area contributed by atoms with E-state index >= 15 is 0 Å². The molecule has 0 radical (unpaired) electrons. The van der Waals surface area contributed by atoms with E-state index in [1.165, 1.54) is 23.1 Å². The van der Waals surface area contributed by atoms with E-state index in [0.717, 1.165) is 18.6 Å². The summed E-state index contributed by atoms with van der Waals surface area (Å²) >= 11 is 0. The van der Waals surface area contributed by atoms with Crippen LogP contribution in [0.5, 0.6) is 0 Å². The van der Waals surface area contributed by atoms with Gasteiger partial charge in [0, 0.05) is 51.0 Å². The molecule has 12 heteroatoms. The van der Waals surface area contributed by atoms with Crippen molar-refractivity contribution in [1.29, 1.82) is 0 Å². The molecule has 1 aromatic carbocycles. The first kappa shape index (κ1) is 30.0. The van der Waals surface area contributed by atoms with E-state index in [1.54, 1.807) is 11.8 Å². The largest absolute Gasteiger partial charge is 0.463 e. The highest BCUT2D eigenvalue weighted by Crippen LogP contribution is 2.35. The first-order valence-electron chi connectivity index (χ1n) is 13.0. The summed E-state index contributed by atoms with van der Waals surface area (Å²) in [5.41, 5.74) is 0.0197. The first-order valence-corrected chi connectivity index (χ1v) is 13.0. The van der Waals surface area contributed by atoms with Gasteiger partial charge in [-0.2, -0.15) is 13.2 Å². The molecular weight excluding hydrogens is 515 g/mol. The van der Waals surface area contributed by atoms with Crippen LogP contribution in [0.15, 0.2) is 48.2 Å². The Bertz CT molecular complexity index is 1090. The maximum atomic E-state index is 13.3. The summed E-state index contributed by atoms with van der Waals surface area (Å²) in [6.07, 6.45) is -2.17. The number of nitrogens with zero attached hydrogens (tertiary/aromatic N) is 3. The van der Waals surface area contributed by atoms with E-state index in [4.69, 9.17) is 4.74 Å². The minimum atomic E-state index is -4.52. The number of hydrogen-bond acceptors (Lipinski definition) is 5. The van der Waals surface area contributed by atoms with Crippen molar-refractivity contribution in [2.24, 2.45) is 0 Å². The second-order valence-corrected chi connectivity index (χ2v) is 9.49. The second kappa shape index (κ2) is 13.0. The van der Waals surface area contributed by atoms with Gasteiger partial charge in [-0.3, -0.25) is 9.80 Å². The molecule has 2 aliphatic heterocycles. The number of carbonyl (C=O) groups excluding carboxylic acids is 3. The normalized spacial score (nSPS) is 20.5. The van der Waals surface area contributed by atoms with Crippen molar-refractivity contribution >= 4 is 18.0 Å². The average Bonchev–Trinajstić information content (AvgIpc) is 2.88. The molecule has 0 aliphatic carbocycles.